The van der Waals surface area contributed by atoms with Crippen LogP contribution in [0.25, 0.3) is 21.5 Å². The standard InChI is InChI=1S/C19H18O/c20-12-13-5-8-17-15(11-13)7-10-18-16-4-2-1-3-14(16)6-9-19(17)18/h1-4,6-7,9-10,13,20H,5,8,11-12H2. The molecule has 1 heteroatoms. The van der Waals surface area contributed by atoms with Crippen LogP contribution in [0.3, 0.4) is 0 Å². The van der Waals surface area contributed by atoms with Gasteiger partial charge >= 0.3 is 0 Å². The van der Waals surface area contributed by atoms with Gasteiger partial charge in [0.15, 0.2) is 0 Å². The number of hydrogen-bond acceptors (Lipinski definition) is 1. The van der Waals surface area contributed by atoms with E-state index in [-0.39, 0.29) is 0 Å². The molecule has 0 saturated carbocycles. The van der Waals surface area contributed by atoms with Crippen LogP contribution in [0.2, 0.25) is 0 Å². The van der Waals surface area contributed by atoms with Gasteiger partial charge in [-0.1, -0.05) is 48.5 Å². The lowest BCUT2D eigenvalue weighted by atomic mass is 9.81. The Hall–Kier alpha value is -1.86. The van der Waals surface area contributed by atoms with Crippen molar-refractivity contribution in [3.63, 3.8) is 0 Å². The predicted octanol–water partition coefficient (Wildman–Crippen LogP) is 4.09. The summed E-state index contributed by atoms with van der Waals surface area (Å²) >= 11 is 0. The van der Waals surface area contributed by atoms with E-state index in [0.29, 0.717) is 12.5 Å². The molecule has 1 unspecified atom stereocenters. The van der Waals surface area contributed by atoms with Gasteiger partial charge < -0.3 is 5.11 Å². The molecule has 3 aromatic carbocycles. The first-order valence-corrected chi connectivity index (χ1v) is 7.40. The molecule has 0 heterocycles. The highest BCUT2D eigenvalue weighted by atomic mass is 16.3. The molecule has 0 spiro atoms. The number of aliphatic hydroxyl groups excluding tert-OH is 1. The quantitative estimate of drug-likeness (QED) is 0.655. The summed E-state index contributed by atoms with van der Waals surface area (Å²) in [5.74, 6) is 0.445. The minimum Gasteiger partial charge on any atom is -0.396 e. The van der Waals surface area contributed by atoms with Gasteiger partial charge in [-0.3, -0.25) is 0 Å². The van der Waals surface area contributed by atoms with Gasteiger partial charge in [0, 0.05) is 6.61 Å². The summed E-state index contributed by atoms with van der Waals surface area (Å²) < 4.78 is 0. The Kier molecular flexibility index (Phi) is 2.75. The average Bonchev–Trinajstić information content (AvgIpc) is 2.53. The Morgan fingerprint density at radius 1 is 0.900 bits per heavy atom. The molecule has 0 bridgehead atoms. The van der Waals surface area contributed by atoms with Gasteiger partial charge in [-0.2, -0.15) is 0 Å². The van der Waals surface area contributed by atoms with Crippen LogP contribution in [0.1, 0.15) is 17.5 Å². The number of hydrogen-bond donors (Lipinski definition) is 1. The van der Waals surface area contributed by atoms with E-state index >= 15 is 0 Å². The van der Waals surface area contributed by atoms with Gasteiger partial charge in [-0.05, 0) is 57.9 Å². The fraction of sp³-hybridized carbons (Fsp3) is 0.263. The SMILES string of the molecule is OCC1CCc2c(ccc3c2ccc2ccccc23)C1. The minimum atomic E-state index is 0.315. The van der Waals surface area contributed by atoms with Crippen molar-refractivity contribution in [1.29, 1.82) is 0 Å². The lowest BCUT2D eigenvalue weighted by molar-refractivity contribution is 0.213. The molecule has 20 heavy (non-hydrogen) atoms. The van der Waals surface area contributed by atoms with Crippen LogP contribution in [0.5, 0.6) is 0 Å². The molecule has 1 aliphatic rings. The Morgan fingerprint density at radius 3 is 2.65 bits per heavy atom. The summed E-state index contributed by atoms with van der Waals surface area (Å²) in [5.41, 5.74) is 2.93. The van der Waals surface area contributed by atoms with Crippen LogP contribution >= 0.6 is 0 Å². The van der Waals surface area contributed by atoms with E-state index in [1.165, 1.54) is 32.7 Å². The van der Waals surface area contributed by atoms with Crippen LogP contribution in [0.15, 0.2) is 48.5 Å². The fourth-order valence-electron chi connectivity index (χ4n) is 3.60. The van der Waals surface area contributed by atoms with Crippen molar-refractivity contribution in [3.05, 3.63) is 59.7 Å². The third-order valence-electron chi connectivity index (χ3n) is 4.70. The largest absolute Gasteiger partial charge is 0.396 e. The molecule has 1 aliphatic carbocycles. The first-order valence-electron chi connectivity index (χ1n) is 7.40. The van der Waals surface area contributed by atoms with Gasteiger partial charge in [-0.15, -0.1) is 0 Å². The third kappa shape index (κ3) is 1.74. The minimum absolute atomic E-state index is 0.315. The molecule has 4 rings (SSSR count). The van der Waals surface area contributed by atoms with Gasteiger partial charge in [0.25, 0.3) is 0 Å². The maximum absolute atomic E-state index is 9.37. The first-order chi connectivity index (χ1) is 9.86. The second-order valence-corrected chi connectivity index (χ2v) is 5.88. The number of fused-ring (bicyclic) bond motifs is 5. The molecule has 100 valence electrons. The summed E-state index contributed by atoms with van der Waals surface area (Å²) in [4.78, 5) is 0. The molecule has 0 saturated heterocycles. The van der Waals surface area contributed by atoms with Crippen molar-refractivity contribution in [2.24, 2.45) is 5.92 Å². The van der Waals surface area contributed by atoms with E-state index in [1.807, 2.05) is 0 Å². The summed E-state index contributed by atoms with van der Waals surface area (Å²) in [5, 5.41) is 14.8. The summed E-state index contributed by atoms with van der Waals surface area (Å²) in [6, 6.07) is 17.6. The molecule has 3 aromatic rings. The molecule has 0 fully saturated rings. The average molecular weight is 262 g/mol. The van der Waals surface area contributed by atoms with E-state index in [0.717, 1.165) is 19.3 Å². The predicted molar refractivity (Wildman–Crippen MR) is 84.1 cm³/mol. The maximum Gasteiger partial charge on any atom is 0.0462 e. The molecule has 0 amide bonds. The van der Waals surface area contributed by atoms with Crippen LogP contribution in [0, 0.1) is 5.92 Å². The highest BCUT2D eigenvalue weighted by molar-refractivity contribution is 6.08. The van der Waals surface area contributed by atoms with E-state index in [1.54, 1.807) is 0 Å². The lowest BCUT2D eigenvalue weighted by Gasteiger charge is -2.24. The van der Waals surface area contributed by atoms with Crippen molar-refractivity contribution in [2.75, 3.05) is 6.61 Å². The first kappa shape index (κ1) is 11.9. The zero-order chi connectivity index (χ0) is 13.5. The third-order valence-corrected chi connectivity index (χ3v) is 4.70. The Bertz CT molecular complexity index is 788. The van der Waals surface area contributed by atoms with Crippen molar-refractivity contribution < 1.29 is 5.11 Å². The number of rotatable bonds is 1. The molecule has 1 N–H and O–H groups in total. The molecular weight excluding hydrogens is 244 g/mol. The summed E-state index contributed by atoms with van der Waals surface area (Å²) in [6.07, 6.45) is 3.22. The molecule has 0 radical (unpaired) electrons. The van der Waals surface area contributed by atoms with Crippen molar-refractivity contribution in [2.45, 2.75) is 19.3 Å². The highest BCUT2D eigenvalue weighted by Crippen LogP contribution is 2.34. The number of aryl methyl sites for hydroxylation is 1. The fourth-order valence-corrected chi connectivity index (χ4v) is 3.60. The zero-order valence-electron chi connectivity index (χ0n) is 11.5. The van der Waals surface area contributed by atoms with Crippen LogP contribution in [-0.2, 0) is 12.8 Å². The molecule has 1 nitrogen and oxygen atoms in total. The normalized spacial score (nSPS) is 18.4. The van der Waals surface area contributed by atoms with Gasteiger partial charge in [0.05, 0.1) is 0 Å². The van der Waals surface area contributed by atoms with Gasteiger partial charge in [-0.25, -0.2) is 0 Å². The van der Waals surface area contributed by atoms with Crippen molar-refractivity contribution in [3.8, 4) is 0 Å². The van der Waals surface area contributed by atoms with Crippen LogP contribution in [0.4, 0.5) is 0 Å². The van der Waals surface area contributed by atoms with Crippen molar-refractivity contribution in [1.82, 2.24) is 0 Å². The van der Waals surface area contributed by atoms with Crippen molar-refractivity contribution >= 4 is 21.5 Å². The molecule has 0 aliphatic heterocycles. The van der Waals surface area contributed by atoms with E-state index in [4.69, 9.17) is 0 Å². The zero-order valence-corrected chi connectivity index (χ0v) is 11.5. The number of aliphatic hydroxyl groups is 1. The van der Waals surface area contributed by atoms with Gasteiger partial charge in [0.2, 0.25) is 0 Å². The topological polar surface area (TPSA) is 20.2 Å². The second-order valence-electron chi connectivity index (χ2n) is 5.88. The Labute approximate surface area is 118 Å². The molecular formula is C19H18O. The van der Waals surface area contributed by atoms with E-state index < -0.39 is 0 Å². The molecule has 1 atom stereocenters. The molecule has 0 aromatic heterocycles. The number of benzene rings is 3. The van der Waals surface area contributed by atoms with Crippen LogP contribution < -0.4 is 0 Å². The van der Waals surface area contributed by atoms with E-state index in [9.17, 15) is 5.11 Å². The highest BCUT2D eigenvalue weighted by Gasteiger charge is 2.19. The summed E-state index contributed by atoms with van der Waals surface area (Å²) in [7, 11) is 0. The lowest BCUT2D eigenvalue weighted by Crippen LogP contribution is -2.17. The maximum atomic E-state index is 9.37. The Morgan fingerprint density at radius 2 is 1.75 bits per heavy atom. The summed E-state index contributed by atoms with van der Waals surface area (Å²) in [6.45, 7) is 0.315. The smallest absolute Gasteiger partial charge is 0.0462 e. The second kappa shape index (κ2) is 4.60. The van der Waals surface area contributed by atoms with Crippen LogP contribution in [-0.4, -0.2) is 11.7 Å². The monoisotopic (exact) mass is 262 g/mol. The van der Waals surface area contributed by atoms with E-state index in [2.05, 4.69) is 48.5 Å². The van der Waals surface area contributed by atoms with Gasteiger partial charge in [0.1, 0.15) is 0 Å². The Balaban J connectivity index is 1.99.